The minimum Gasteiger partial charge on any atom is -0.476 e. The van der Waals surface area contributed by atoms with E-state index in [1.807, 2.05) is 36.2 Å². The molecule has 3 heterocycles. The zero-order chi connectivity index (χ0) is 26.5. The van der Waals surface area contributed by atoms with Crippen LogP contribution >= 0.6 is 0 Å². The molecule has 0 unspecified atom stereocenters. The van der Waals surface area contributed by atoms with E-state index in [4.69, 9.17) is 14.2 Å². The minimum absolute atomic E-state index is 0.0476. The van der Waals surface area contributed by atoms with Gasteiger partial charge in [-0.1, -0.05) is 24.3 Å². The fourth-order valence-electron chi connectivity index (χ4n) is 4.30. The number of hydrogen-bond donors (Lipinski definition) is 1. The summed E-state index contributed by atoms with van der Waals surface area (Å²) in [4.78, 5) is 10.6. The number of anilines is 1. The highest BCUT2D eigenvalue weighted by molar-refractivity contribution is 7.93. The van der Waals surface area contributed by atoms with Crippen molar-refractivity contribution in [2.75, 3.05) is 44.4 Å². The fourth-order valence-corrected chi connectivity index (χ4v) is 5.96. The highest BCUT2D eigenvalue weighted by atomic mass is 32.2. The summed E-state index contributed by atoms with van der Waals surface area (Å²) in [6, 6.07) is 17.5. The number of aromatic nitrogens is 2. The zero-order valence-electron chi connectivity index (χ0n) is 20.9. The smallest absolute Gasteiger partial charge is 0.266 e. The Morgan fingerprint density at radius 2 is 1.76 bits per heavy atom. The maximum atomic E-state index is 14.1. The molecule has 0 fully saturated rings. The van der Waals surface area contributed by atoms with E-state index >= 15 is 0 Å². The van der Waals surface area contributed by atoms with Gasteiger partial charge in [0.25, 0.3) is 10.0 Å². The van der Waals surface area contributed by atoms with E-state index in [9.17, 15) is 13.5 Å². The van der Waals surface area contributed by atoms with E-state index < -0.39 is 10.0 Å². The predicted molar refractivity (Wildman–Crippen MR) is 142 cm³/mol. The second-order valence-electron chi connectivity index (χ2n) is 8.72. The number of rotatable bonds is 11. The van der Waals surface area contributed by atoms with Crippen LogP contribution in [0.15, 0.2) is 78.0 Å². The molecule has 0 amide bonds. The Bertz CT molecular complexity index is 1510. The van der Waals surface area contributed by atoms with E-state index in [0.717, 1.165) is 0 Å². The highest BCUT2D eigenvalue weighted by Crippen LogP contribution is 2.41. The van der Waals surface area contributed by atoms with E-state index in [1.54, 1.807) is 42.7 Å². The van der Waals surface area contributed by atoms with Gasteiger partial charge in [0.05, 0.1) is 24.4 Å². The summed E-state index contributed by atoms with van der Waals surface area (Å²) in [5.41, 5.74) is 1.46. The molecule has 1 aliphatic rings. The van der Waals surface area contributed by atoms with Gasteiger partial charge >= 0.3 is 0 Å². The van der Waals surface area contributed by atoms with Crippen molar-refractivity contribution >= 4 is 26.6 Å². The molecule has 0 saturated carbocycles. The van der Waals surface area contributed by atoms with Crippen molar-refractivity contribution in [2.24, 2.45) is 0 Å². The van der Waals surface area contributed by atoms with Gasteiger partial charge in [-0.3, -0.25) is 14.2 Å². The Kier molecular flexibility index (Phi) is 7.59. The molecule has 0 saturated heterocycles. The number of likely N-dealkylation sites (N-methyl/N-ethyl adjacent to an activating group) is 1. The number of nitrogens with zero attached hydrogens (tertiary/aromatic N) is 4. The number of fused-ring (bicyclic) bond motifs is 2. The molecule has 0 radical (unpaired) electrons. The normalized spacial score (nSPS) is 12.7. The summed E-state index contributed by atoms with van der Waals surface area (Å²) in [7, 11) is -2.20. The van der Waals surface area contributed by atoms with E-state index in [2.05, 4.69) is 9.97 Å². The Morgan fingerprint density at radius 3 is 2.55 bits per heavy atom. The summed E-state index contributed by atoms with van der Waals surface area (Å²) < 4.78 is 46.2. The number of pyridine rings is 2. The molecule has 11 heteroatoms. The van der Waals surface area contributed by atoms with Crippen molar-refractivity contribution in [3.05, 3.63) is 78.6 Å². The highest BCUT2D eigenvalue weighted by Gasteiger charge is 2.31. The molecule has 4 aromatic rings. The number of ether oxygens (including phenoxy) is 3. The third kappa shape index (κ3) is 5.35. The van der Waals surface area contributed by atoms with E-state index in [1.165, 1.54) is 10.4 Å². The van der Waals surface area contributed by atoms with Gasteiger partial charge in [0.1, 0.15) is 11.5 Å². The molecule has 5 rings (SSSR count). The number of para-hydroxylation sites is 1. The number of benzene rings is 2. The predicted octanol–water partition coefficient (Wildman–Crippen LogP) is 3.06. The van der Waals surface area contributed by atoms with Crippen molar-refractivity contribution < 1.29 is 27.7 Å². The first-order chi connectivity index (χ1) is 18.5. The molecular weight excluding hydrogens is 508 g/mol. The van der Waals surface area contributed by atoms with Gasteiger partial charge in [-0.2, -0.15) is 0 Å². The monoisotopic (exact) mass is 536 g/mol. The summed E-state index contributed by atoms with van der Waals surface area (Å²) >= 11 is 0. The van der Waals surface area contributed by atoms with Crippen LogP contribution in [0.5, 0.6) is 17.4 Å². The fraction of sp³-hybridized carbons (Fsp3) is 0.259. The summed E-state index contributed by atoms with van der Waals surface area (Å²) in [5, 5.41) is 10.6. The average Bonchev–Trinajstić information content (AvgIpc) is 3.39. The van der Waals surface area contributed by atoms with E-state index in [0.29, 0.717) is 59.2 Å². The van der Waals surface area contributed by atoms with Crippen LogP contribution in [-0.2, 0) is 16.6 Å². The zero-order valence-corrected chi connectivity index (χ0v) is 21.7. The molecule has 1 N–H and O–H groups in total. The summed E-state index contributed by atoms with van der Waals surface area (Å²) in [5.74, 6) is 1.52. The van der Waals surface area contributed by atoms with Crippen molar-refractivity contribution in [3.63, 3.8) is 0 Å². The topological polar surface area (TPSA) is 114 Å². The quantitative estimate of drug-likeness (QED) is 0.309. The first-order valence-corrected chi connectivity index (χ1v) is 13.5. The molecular formula is C27H28N4O6S. The SMILES string of the molecule is CN(CCOc1ccccn1)Cc1cc2c(cc1N(CCO)S(=O)(=O)c1cccc3cccnc13)OCO2. The standard InChI is InChI=1S/C27H28N4O6S/c1-30(13-15-35-26-9-2-3-10-28-26)18-21-16-23-24(37-19-36-23)17-22(21)31(12-14-32)38(33,34)25-8-4-6-20-7-5-11-29-27(20)25/h2-11,16-17,32H,12-15,18-19H2,1H3. The second-order valence-corrected chi connectivity index (χ2v) is 10.6. The lowest BCUT2D eigenvalue weighted by atomic mass is 10.1. The van der Waals surface area contributed by atoms with Gasteiger partial charge < -0.3 is 19.3 Å². The molecule has 0 aliphatic carbocycles. The Balaban J connectivity index is 1.47. The minimum atomic E-state index is -4.11. The molecule has 0 bridgehead atoms. The molecule has 198 valence electrons. The molecule has 1 aliphatic heterocycles. The van der Waals surface area contributed by atoms with Crippen LogP contribution in [0.2, 0.25) is 0 Å². The van der Waals surface area contributed by atoms with Crippen LogP contribution in [0.4, 0.5) is 5.69 Å². The van der Waals surface area contributed by atoms with Crippen LogP contribution in [0.25, 0.3) is 10.9 Å². The number of aliphatic hydroxyl groups is 1. The van der Waals surface area contributed by atoms with Gasteiger partial charge in [-0.25, -0.2) is 13.4 Å². The largest absolute Gasteiger partial charge is 0.476 e. The van der Waals surface area contributed by atoms with Crippen molar-refractivity contribution in [1.29, 1.82) is 0 Å². The molecule has 0 spiro atoms. The van der Waals surface area contributed by atoms with E-state index in [-0.39, 0.29) is 24.8 Å². The lowest BCUT2D eigenvalue weighted by Gasteiger charge is -2.28. The van der Waals surface area contributed by atoms with Gasteiger partial charge in [0.2, 0.25) is 12.7 Å². The number of aliphatic hydroxyl groups excluding tert-OH is 1. The molecule has 2 aromatic heterocycles. The second kappa shape index (κ2) is 11.2. The lowest BCUT2D eigenvalue weighted by Crippen LogP contribution is -2.35. The summed E-state index contributed by atoms with van der Waals surface area (Å²) in [6.45, 7) is 0.872. The maximum Gasteiger partial charge on any atom is 0.266 e. The van der Waals surface area contributed by atoms with Crippen LogP contribution in [0.3, 0.4) is 0 Å². The van der Waals surface area contributed by atoms with Crippen molar-refractivity contribution in [1.82, 2.24) is 14.9 Å². The Morgan fingerprint density at radius 1 is 0.974 bits per heavy atom. The average molecular weight is 537 g/mol. The molecule has 10 nitrogen and oxygen atoms in total. The van der Waals surface area contributed by atoms with Crippen molar-refractivity contribution in [3.8, 4) is 17.4 Å². The molecule has 2 aromatic carbocycles. The number of sulfonamides is 1. The van der Waals surface area contributed by atoms with Gasteiger partial charge in [-0.15, -0.1) is 0 Å². The van der Waals surface area contributed by atoms with Crippen molar-refractivity contribution in [2.45, 2.75) is 11.4 Å². The van der Waals surface area contributed by atoms with Crippen LogP contribution < -0.4 is 18.5 Å². The van der Waals surface area contributed by atoms with Gasteiger partial charge in [-0.05, 0) is 36.9 Å². The summed E-state index contributed by atoms with van der Waals surface area (Å²) in [6.07, 6.45) is 3.23. The Labute approximate surface area is 221 Å². The molecule has 0 atom stereocenters. The Hall–Kier alpha value is -3.93. The number of hydrogen-bond acceptors (Lipinski definition) is 9. The third-order valence-electron chi connectivity index (χ3n) is 6.11. The van der Waals surface area contributed by atoms with Gasteiger partial charge in [0, 0.05) is 43.0 Å². The van der Waals surface area contributed by atoms with Crippen LogP contribution in [-0.4, -0.2) is 68.5 Å². The van der Waals surface area contributed by atoms with Gasteiger partial charge in [0.15, 0.2) is 11.5 Å². The third-order valence-corrected chi connectivity index (χ3v) is 7.96. The van der Waals surface area contributed by atoms with Crippen LogP contribution in [0.1, 0.15) is 5.56 Å². The molecule has 38 heavy (non-hydrogen) atoms. The van der Waals surface area contributed by atoms with Crippen LogP contribution in [0, 0.1) is 0 Å². The first-order valence-electron chi connectivity index (χ1n) is 12.1. The maximum absolute atomic E-state index is 14.1. The lowest BCUT2D eigenvalue weighted by molar-refractivity contribution is 0.174. The first kappa shape index (κ1) is 25.7.